The predicted octanol–water partition coefficient (Wildman–Crippen LogP) is 1.09. The van der Waals surface area contributed by atoms with Gasteiger partial charge in [-0.1, -0.05) is 0 Å². The summed E-state index contributed by atoms with van der Waals surface area (Å²) in [6, 6.07) is 0. The Bertz CT molecular complexity index is 172. The molecule has 2 saturated heterocycles. The van der Waals surface area contributed by atoms with E-state index in [0.29, 0.717) is 18.2 Å². The smallest absolute Gasteiger partial charge is 0.115 e. The highest BCUT2D eigenvalue weighted by atomic mass is 16.5. The molecule has 2 rings (SSSR count). The molecular formula is C10H19NO2. The van der Waals surface area contributed by atoms with Gasteiger partial charge in [-0.15, -0.1) is 0 Å². The van der Waals surface area contributed by atoms with E-state index in [1.54, 1.807) is 0 Å². The molecule has 2 aliphatic rings. The van der Waals surface area contributed by atoms with Crippen molar-refractivity contribution in [3.05, 3.63) is 0 Å². The van der Waals surface area contributed by atoms with E-state index in [1.807, 2.05) is 0 Å². The maximum absolute atomic E-state index is 5.73. The molecule has 0 aromatic carbocycles. The van der Waals surface area contributed by atoms with Crippen LogP contribution in [0.25, 0.3) is 0 Å². The minimum absolute atomic E-state index is 0.301. The van der Waals surface area contributed by atoms with E-state index < -0.39 is 0 Å². The summed E-state index contributed by atoms with van der Waals surface area (Å²) in [5, 5.41) is 0. The Hall–Kier alpha value is -0.120. The molecular weight excluding hydrogens is 166 g/mol. The van der Waals surface area contributed by atoms with E-state index in [9.17, 15) is 0 Å². The number of rotatable bonds is 2. The summed E-state index contributed by atoms with van der Waals surface area (Å²) in [7, 11) is 2.13. The van der Waals surface area contributed by atoms with Gasteiger partial charge in [0.2, 0.25) is 0 Å². The van der Waals surface area contributed by atoms with Crippen molar-refractivity contribution in [2.75, 3.05) is 26.8 Å². The largest absolute Gasteiger partial charge is 0.376 e. The summed E-state index contributed by atoms with van der Waals surface area (Å²) in [5.41, 5.74) is 0. The van der Waals surface area contributed by atoms with Crippen molar-refractivity contribution in [1.29, 1.82) is 0 Å². The van der Waals surface area contributed by atoms with Gasteiger partial charge in [0.1, 0.15) is 6.23 Å². The van der Waals surface area contributed by atoms with Crippen LogP contribution in [0.4, 0.5) is 0 Å². The van der Waals surface area contributed by atoms with E-state index in [-0.39, 0.29) is 0 Å². The Morgan fingerprint density at radius 3 is 3.15 bits per heavy atom. The highest BCUT2D eigenvalue weighted by Crippen LogP contribution is 2.33. The van der Waals surface area contributed by atoms with E-state index in [2.05, 4.69) is 18.9 Å². The molecule has 0 spiro atoms. The van der Waals surface area contributed by atoms with Crippen molar-refractivity contribution < 1.29 is 9.47 Å². The van der Waals surface area contributed by atoms with Gasteiger partial charge in [-0.3, -0.25) is 4.90 Å². The van der Waals surface area contributed by atoms with Crippen LogP contribution in [0.15, 0.2) is 0 Å². The summed E-state index contributed by atoms with van der Waals surface area (Å²) in [5.74, 6) is 0.610. The Kier molecular flexibility index (Phi) is 2.86. The topological polar surface area (TPSA) is 21.7 Å². The van der Waals surface area contributed by atoms with Crippen LogP contribution in [-0.4, -0.2) is 44.0 Å². The lowest BCUT2D eigenvalue weighted by Crippen LogP contribution is -2.34. The molecule has 3 unspecified atom stereocenters. The van der Waals surface area contributed by atoms with Gasteiger partial charge in [0.25, 0.3) is 0 Å². The van der Waals surface area contributed by atoms with Gasteiger partial charge in [-0.2, -0.15) is 0 Å². The molecule has 0 saturated carbocycles. The highest BCUT2D eigenvalue weighted by molar-refractivity contribution is 4.89. The number of hydrogen-bond acceptors (Lipinski definition) is 3. The zero-order valence-corrected chi connectivity index (χ0v) is 8.53. The van der Waals surface area contributed by atoms with Crippen molar-refractivity contribution in [3.8, 4) is 0 Å². The summed E-state index contributed by atoms with van der Waals surface area (Å²) >= 11 is 0. The Labute approximate surface area is 80.0 Å². The predicted molar refractivity (Wildman–Crippen MR) is 50.5 cm³/mol. The van der Waals surface area contributed by atoms with Crippen LogP contribution in [0.2, 0.25) is 0 Å². The Morgan fingerprint density at radius 2 is 2.38 bits per heavy atom. The maximum Gasteiger partial charge on any atom is 0.115 e. The van der Waals surface area contributed by atoms with Gasteiger partial charge in [-0.25, -0.2) is 0 Å². The van der Waals surface area contributed by atoms with Crippen LogP contribution in [0, 0.1) is 5.92 Å². The molecule has 0 radical (unpaired) electrons. The monoisotopic (exact) mass is 185 g/mol. The molecule has 0 N–H and O–H groups in total. The van der Waals surface area contributed by atoms with E-state index in [4.69, 9.17) is 9.47 Å². The quantitative estimate of drug-likeness (QED) is 0.643. The van der Waals surface area contributed by atoms with Crippen molar-refractivity contribution in [2.45, 2.75) is 32.1 Å². The summed E-state index contributed by atoms with van der Waals surface area (Å²) in [4.78, 5) is 2.28. The molecule has 2 fully saturated rings. The lowest BCUT2D eigenvalue weighted by Gasteiger charge is -2.29. The van der Waals surface area contributed by atoms with Crippen LogP contribution < -0.4 is 0 Å². The fraction of sp³-hybridized carbons (Fsp3) is 1.00. The normalized spacial score (nSPS) is 40.6. The summed E-state index contributed by atoms with van der Waals surface area (Å²) in [6.45, 7) is 4.84. The Balaban J connectivity index is 2.00. The maximum atomic E-state index is 5.73. The van der Waals surface area contributed by atoms with Gasteiger partial charge >= 0.3 is 0 Å². The fourth-order valence-electron chi connectivity index (χ4n) is 2.51. The lowest BCUT2D eigenvalue weighted by atomic mass is 9.96. The first-order chi connectivity index (χ1) is 6.33. The molecule has 0 aliphatic carbocycles. The number of hydrogen-bond donors (Lipinski definition) is 0. The molecule has 3 atom stereocenters. The second-order valence-electron chi connectivity index (χ2n) is 4.00. The average molecular weight is 185 g/mol. The number of fused-ring (bicyclic) bond motifs is 1. The van der Waals surface area contributed by atoms with E-state index >= 15 is 0 Å². The number of ether oxygens (including phenoxy) is 2. The number of likely N-dealkylation sites (tertiary alicyclic amines) is 1. The zero-order valence-electron chi connectivity index (χ0n) is 8.53. The molecule has 2 heterocycles. The molecule has 2 aliphatic heterocycles. The van der Waals surface area contributed by atoms with Gasteiger partial charge < -0.3 is 9.47 Å². The first-order valence-electron chi connectivity index (χ1n) is 5.26. The SMILES string of the molecule is CCOC1C2CCCOC2CN1C. The van der Waals surface area contributed by atoms with Crippen LogP contribution in [0.5, 0.6) is 0 Å². The van der Waals surface area contributed by atoms with Crippen LogP contribution in [0.1, 0.15) is 19.8 Å². The molecule has 0 aromatic heterocycles. The minimum Gasteiger partial charge on any atom is -0.376 e. The van der Waals surface area contributed by atoms with Crippen LogP contribution >= 0.6 is 0 Å². The van der Waals surface area contributed by atoms with Crippen molar-refractivity contribution >= 4 is 0 Å². The van der Waals surface area contributed by atoms with Crippen LogP contribution in [0.3, 0.4) is 0 Å². The second-order valence-corrected chi connectivity index (χ2v) is 4.00. The third-order valence-corrected chi connectivity index (χ3v) is 3.10. The van der Waals surface area contributed by atoms with Gasteiger partial charge in [-0.05, 0) is 26.8 Å². The first-order valence-corrected chi connectivity index (χ1v) is 5.26. The third kappa shape index (κ3) is 1.73. The number of likely N-dealkylation sites (N-methyl/N-ethyl adjacent to an activating group) is 1. The zero-order chi connectivity index (χ0) is 9.26. The van der Waals surface area contributed by atoms with Crippen molar-refractivity contribution in [3.63, 3.8) is 0 Å². The molecule has 0 bridgehead atoms. The van der Waals surface area contributed by atoms with Crippen LogP contribution in [-0.2, 0) is 9.47 Å². The molecule has 0 amide bonds. The third-order valence-electron chi connectivity index (χ3n) is 3.10. The highest BCUT2D eigenvalue weighted by Gasteiger charge is 2.42. The molecule has 3 heteroatoms. The van der Waals surface area contributed by atoms with Gasteiger partial charge in [0.05, 0.1) is 6.10 Å². The lowest BCUT2D eigenvalue weighted by molar-refractivity contribution is -0.0746. The summed E-state index contributed by atoms with van der Waals surface area (Å²) < 4.78 is 11.5. The first kappa shape index (κ1) is 9.44. The minimum atomic E-state index is 0.301. The van der Waals surface area contributed by atoms with Crippen molar-refractivity contribution in [1.82, 2.24) is 4.90 Å². The van der Waals surface area contributed by atoms with Gasteiger partial charge in [0, 0.05) is 25.7 Å². The van der Waals surface area contributed by atoms with Crippen molar-refractivity contribution in [2.24, 2.45) is 5.92 Å². The number of nitrogens with zero attached hydrogens (tertiary/aromatic N) is 1. The van der Waals surface area contributed by atoms with E-state index in [1.165, 1.54) is 12.8 Å². The molecule has 76 valence electrons. The summed E-state index contributed by atoms with van der Waals surface area (Å²) in [6.07, 6.45) is 3.18. The van der Waals surface area contributed by atoms with Gasteiger partial charge in [0.15, 0.2) is 0 Å². The molecule has 0 aromatic rings. The second kappa shape index (κ2) is 3.95. The average Bonchev–Trinajstić information content (AvgIpc) is 2.44. The fourth-order valence-corrected chi connectivity index (χ4v) is 2.51. The Morgan fingerprint density at radius 1 is 1.54 bits per heavy atom. The standard InChI is InChI=1S/C10H19NO2/c1-3-12-10-8-5-4-6-13-9(8)7-11(10)2/h8-10H,3-7H2,1-2H3. The molecule has 3 nitrogen and oxygen atoms in total. The van der Waals surface area contributed by atoms with E-state index in [0.717, 1.165) is 19.8 Å². The molecule has 13 heavy (non-hydrogen) atoms.